The molecule has 2 nitrogen and oxygen atoms in total. The van der Waals surface area contributed by atoms with Crippen LogP contribution in [0.25, 0.3) is 0 Å². The maximum atomic E-state index is 11.6. The highest BCUT2D eigenvalue weighted by atomic mass is 16.1. The van der Waals surface area contributed by atoms with Crippen LogP contribution >= 0.6 is 0 Å². The van der Waals surface area contributed by atoms with Crippen LogP contribution in [0.15, 0.2) is 12.7 Å². The van der Waals surface area contributed by atoms with Crippen LogP contribution in [0, 0.1) is 5.92 Å². The lowest BCUT2D eigenvalue weighted by Crippen LogP contribution is -2.30. The molecule has 2 N–H and O–H groups in total. The van der Waals surface area contributed by atoms with Gasteiger partial charge in [0.1, 0.15) is 5.78 Å². The van der Waals surface area contributed by atoms with Gasteiger partial charge in [-0.1, -0.05) is 12.5 Å². The Bertz CT molecular complexity index is 189. The summed E-state index contributed by atoms with van der Waals surface area (Å²) in [5.74, 6) is 0.525. The third-order valence-electron chi connectivity index (χ3n) is 2.81. The Balaban J connectivity index is 2.26. The summed E-state index contributed by atoms with van der Waals surface area (Å²) in [5.41, 5.74) is 5.84. The van der Waals surface area contributed by atoms with E-state index in [1.807, 2.05) is 6.08 Å². The number of rotatable bonds is 5. The van der Waals surface area contributed by atoms with Crippen LogP contribution in [0.4, 0.5) is 0 Å². The third kappa shape index (κ3) is 2.96. The summed E-state index contributed by atoms with van der Waals surface area (Å²) in [6, 6.07) is 0.135. The normalized spacial score (nSPS) is 27.5. The minimum atomic E-state index is 0.135. The topological polar surface area (TPSA) is 43.1 Å². The fraction of sp³-hybridized carbons (Fsp3) is 0.727. The van der Waals surface area contributed by atoms with Crippen LogP contribution < -0.4 is 5.73 Å². The third-order valence-corrected chi connectivity index (χ3v) is 2.81. The van der Waals surface area contributed by atoms with E-state index in [1.54, 1.807) is 0 Å². The van der Waals surface area contributed by atoms with Crippen LogP contribution in [0.2, 0.25) is 0 Å². The molecule has 0 heterocycles. The predicted octanol–water partition coefficient (Wildman–Crippen LogP) is 2.04. The van der Waals surface area contributed by atoms with Gasteiger partial charge in [0.15, 0.2) is 0 Å². The number of carbonyl (C=O) groups is 1. The molecule has 2 atom stereocenters. The predicted molar refractivity (Wildman–Crippen MR) is 54.4 cm³/mol. The molecule has 0 radical (unpaired) electrons. The quantitative estimate of drug-likeness (QED) is 0.521. The lowest BCUT2D eigenvalue weighted by molar-refractivity contribution is -0.123. The maximum absolute atomic E-state index is 11.6. The van der Waals surface area contributed by atoms with Crippen molar-refractivity contribution in [2.24, 2.45) is 11.7 Å². The molecular formula is C11H19NO. The first-order valence-electron chi connectivity index (χ1n) is 5.15. The Kier molecular flexibility index (Phi) is 4.16. The molecular weight excluding hydrogens is 162 g/mol. The molecule has 1 fully saturated rings. The van der Waals surface area contributed by atoms with Crippen LogP contribution in [0.1, 0.15) is 38.5 Å². The van der Waals surface area contributed by atoms with E-state index >= 15 is 0 Å². The van der Waals surface area contributed by atoms with Crippen molar-refractivity contribution in [3.05, 3.63) is 12.7 Å². The zero-order valence-electron chi connectivity index (χ0n) is 8.17. The van der Waals surface area contributed by atoms with Gasteiger partial charge < -0.3 is 5.73 Å². The van der Waals surface area contributed by atoms with Crippen molar-refractivity contribution in [3.63, 3.8) is 0 Å². The zero-order chi connectivity index (χ0) is 9.68. The van der Waals surface area contributed by atoms with E-state index in [2.05, 4.69) is 6.58 Å². The molecule has 74 valence electrons. The second-order valence-electron chi connectivity index (χ2n) is 3.85. The summed E-state index contributed by atoms with van der Waals surface area (Å²) in [5, 5.41) is 0. The molecule has 2 heteroatoms. The molecule has 0 aromatic heterocycles. The Morgan fingerprint density at radius 3 is 2.85 bits per heavy atom. The van der Waals surface area contributed by atoms with Gasteiger partial charge in [-0.2, -0.15) is 0 Å². The molecule has 1 aliphatic rings. The number of hydrogen-bond acceptors (Lipinski definition) is 2. The molecule has 0 aromatic rings. The summed E-state index contributed by atoms with van der Waals surface area (Å²) in [4.78, 5) is 11.6. The number of carbonyl (C=O) groups excluding carboxylic acids is 1. The molecule has 0 amide bonds. The average molecular weight is 181 g/mol. The molecule has 0 spiro atoms. The summed E-state index contributed by atoms with van der Waals surface area (Å²) >= 11 is 0. The number of unbranched alkanes of at least 4 members (excludes halogenated alkanes) is 1. The smallest absolute Gasteiger partial charge is 0.137 e. The average Bonchev–Trinajstić information content (AvgIpc) is 2.52. The minimum absolute atomic E-state index is 0.135. The van der Waals surface area contributed by atoms with Crippen LogP contribution in [-0.4, -0.2) is 11.8 Å². The molecule has 1 rings (SSSR count). The summed E-state index contributed by atoms with van der Waals surface area (Å²) in [7, 11) is 0. The second kappa shape index (κ2) is 5.18. The molecule has 1 aliphatic carbocycles. The van der Waals surface area contributed by atoms with Gasteiger partial charge in [-0.15, -0.1) is 6.58 Å². The largest absolute Gasteiger partial charge is 0.327 e. The molecule has 1 saturated carbocycles. The number of nitrogens with two attached hydrogens (primary N) is 1. The van der Waals surface area contributed by atoms with Gasteiger partial charge in [0.2, 0.25) is 0 Å². The number of hydrogen-bond donors (Lipinski definition) is 1. The van der Waals surface area contributed by atoms with E-state index in [1.165, 1.54) is 0 Å². The first-order valence-corrected chi connectivity index (χ1v) is 5.15. The van der Waals surface area contributed by atoms with Crippen LogP contribution in [0.3, 0.4) is 0 Å². The van der Waals surface area contributed by atoms with E-state index in [-0.39, 0.29) is 12.0 Å². The van der Waals surface area contributed by atoms with Gasteiger partial charge in [0.25, 0.3) is 0 Å². The lowest BCUT2D eigenvalue weighted by atomic mass is 9.95. The molecule has 0 aliphatic heterocycles. The highest BCUT2D eigenvalue weighted by Gasteiger charge is 2.29. The second-order valence-corrected chi connectivity index (χ2v) is 3.85. The van der Waals surface area contributed by atoms with Crippen molar-refractivity contribution >= 4 is 5.78 Å². The fourth-order valence-corrected chi connectivity index (χ4v) is 1.99. The van der Waals surface area contributed by atoms with Gasteiger partial charge >= 0.3 is 0 Å². The van der Waals surface area contributed by atoms with Gasteiger partial charge in [0, 0.05) is 18.4 Å². The van der Waals surface area contributed by atoms with Gasteiger partial charge in [-0.3, -0.25) is 4.79 Å². The Morgan fingerprint density at radius 2 is 2.31 bits per heavy atom. The Labute approximate surface area is 80.2 Å². The SMILES string of the molecule is C=CCCCC(=O)C1CCCC1N. The Hall–Kier alpha value is -0.630. The van der Waals surface area contributed by atoms with Crippen molar-refractivity contribution < 1.29 is 4.79 Å². The van der Waals surface area contributed by atoms with Crippen molar-refractivity contribution in [1.29, 1.82) is 0 Å². The monoisotopic (exact) mass is 181 g/mol. The molecule has 13 heavy (non-hydrogen) atoms. The summed E-state index contributed by atoms with van der Waals surface area (Å²) < 4.78 is 0. The van der Waals surface area contributed by atoms with Crippen LogP contribution in [-0.2, 0) is 4.79 Å². The number of ketones is 1. The molecule has 0 bridgehead atoms. The minimum Gasteiger partial charge on any atom is -0.327 e. The van der Waals surface area contributed by atoms with Crippen molar-refractivity contribution in [3.8, 4) is 0 Å². The van der Waals surface area contributed by atoms with Crippen molar-refractivity contribution in [2.45, 2.75) is 44.6 Å². The lowest BCUT2D eigenvalue weighted by Gasteiger charge is -2.13. The van der Waals surface area contributed by atoms with E-state index in [4.69, 9.17) is 5.73 Å². The van der Waals surface area contributed by atoms with E-state index in [0.29, 0.717) is 12.2 Å². The Morgan fingerprint density at radius 1 is 1.54 bits per heavy atom. The van der Waals surface area contributed by atoms with E-state index < -0.39 is 0 Å². The molecule has 0 aromatic carbocycles. The first kappa shape index (κ1) is 10.5. The summed E-state index contributed by atoms with van der Waals surface area (Å²) in [6.07, 6.45) is 7.58. The summed E-state index contributed by atoms with van der Waals surface area (Å²) in [6.45, 7) is 3.63. The molecule has 0 saturated heterocycles. The number of allylic oxidation sites excluding steroid dienone is 1. The van der Waals surface area contributed by atoms with Crippen molar-refractivity contribution in [2.75, 3.05) is 0 Å². The van der Waals surface area contributed by atoms with Crippen LogP contribution in [0.5, 0.6) is 0 Å². The zero-order valence-corrected chi connectivity index (χ0v) is 8.17. The number of Topliss-reactive ketones (excluding diaryl/α,β-unsaturated/α-hetero) is 1. The molecule has 2 unspecified atom stereocenters. The van der Waals surface area contributed by atoms with E-state index in [9.17, 15) is 4.79 Å². The maximum Gasteiger partial charge on any atom is 0.137 e. The highest BCUT2D eigenvalue weighted by Crippen LogP contribution is 2.26. The van der Waals surface area contributed by atoms with Gasteiger partial charge in [0.05, 0.1) is 0 Å². The van der Waals surface area contributed by atoms with Gasteiger partial charge in [-0.05, 0) is 25.7 Å². The first-order chi connectivity index (χ1) is 6.25. The fourth-order valence-electron chi connectivity index (χ4n) is 1.99. The van der Waals surface area contributed by atoms with Crippen molar-refractivity contribution in [1.82, 2.24) is 0 Å². The standard InChI is InChI=1S/C11H19NO/c1-2-3-4-8-11(13)9-6-5-7-10(9)12/h2,9-10H,1,3-8,12H2. The van der Waals surface area contributed by atoms with E-state index in [0.717, 1.165) is 32.1 Å². The van der Waals surface area contributed by atoms with Gasteiger partial charge in [-0.25, -0.2) is 0 Å². The highest BCUT2D eigenvalue weighted by molar-refractivity contribution is 5.81.